The van der Waals surface area contributed by atoms with Crippen molar-refractivity contribution in [3.05, 3.63) is 0 Å². The maximum Gasteiger partial charge on any atom is 0.457 e. The molecule has 0 saturated carbocycles. The molecule has 0 aromatic carbocycles. The maximum atomic E-state index is 10.9. The normalized spacial score (nSPS) is 10.1. The van der Waals surface area contributed by atoms with E-state index in [0.29, 0.717) is 0 Å². The van der Waals surface area contributed by atoms with Gasteiger partial charge in [-0.3, -0.25) is 0 Å². The van der Waals surface area contributed by atoms with Gasteiger partial charge in [-0.15, -0.1) is 5.54 Å². The third kappa shape index (κ3) is 5.57. The fourth-order valence-corrected chi connectivity index (χ4v) is 0.425. The van der Waals surface area contributed by atoms with Crippen LogP contribution in [0.3, 0.4) is 0 Å². The van der Waals surface area contributed by atoms with Crippen LogP contribution in [0, 0.1) is 11.5 Å². The lowest BCUT2D eigenvalue weighted by Crippen LogP contribution is -2.01. The molecule has 0 aromatic rings. The highest BCUT2D eigenvalue weighted by molar-refractivity contribution is 6.22. The predicted molar refractivity (Wildman–Crippen MR) is 23.8 cm³/mol. The van der Waals surface area contributed by atoms with Gasteiger partial charge >= 0.3 is 6.18 Å². The van der Waals surface area contributed by atoms with Gasteiger partial charge in [-0.05, 0) is 0 Å². The van der Waals surface area contributed by atoms with Gasteiger partial charge in [0.25, 0.3) is 0 Å². The van der Waals surface area contributed by atoms with Gasteiger partial charge in [-0.25, -0.2) is 0 Å². The van der Waals surface area contributed by atoms with Crippen molar-refractivity contribution in [2.45, 2.75) is 6.18 Å². The predicted octanol–water partition coefficient (Wildman–Crippen LogP) is -0.125. The molecule has 4 heteroatoms. The third-order valence-corrected chi connectivity index (χ3v) is 0.517. The van der Waals surface area contributed by atoms with E-state index in [1.54, 1.807) is 0 Å². The molecule has 40 valence electrons. The van der Waals surface area contributed by atoms with Crippen LogP contribution in [0.1, 0.15) is 0 Å². The molecule has 0 nitrogen and oxygen atoms in total. The smallest absolute Gasteiger partial charge is 0.159 e. The van der Waals surface area contributed by atoms with Crippen molar-refractivity contribution >= 4 is 10.2 Å². The summed E-state index contributed by atoms with van der Waals surface area (Å²) in [5.41, 5.74) is 1.87. The second-order valence-corrected chi connectivity index (χ2v) is 1.37. The Morgan fingerprint density at radius 2 is 1.71 bits per heavy atom. The number of hydrogen-bond donors (Lipinski definition) is 0. The fraction of sp³-hybridized carbons (Fsp3) is 0.333. The Morgan fingerprint density at radius 1 is 1.29 bits per heavy atom. The molecule has 0 heterocycles. The van der Waals surface area contributed by atoms with E-state index in [9.17, 15) is 13.2 Å². The minimum absolute atomic E-state index is 0.289. The number of alkyl halides is 3. The second-order valence-electron chi connectivity index (χ2n) is 0.873. The third-order valence-electron chi connectivity index (χ3n) is 0.267. The Bertz CT molecular complexity index is 104. The van der Waals surface area contributed by atoms with E-state index in [4.69, 9.17) is 0 Å². The van der Waals surface area contributed by atoms with Gasteiger partial charge in [0.1, 0.15) is 0 Å². The summed E-state index contributed by atoms with van der Waals surface area (Å²) in [6.45, 7) is 0. The van der Waals surface area contributed by atoms with Crippen LogP contribution in [-0.4, -0.2) is 16.4 Å². The van der Waals surface area contributed by atoms with Gasteiger partial charge in [0, 0.05) is 5.92 Å². The van der Waals surface area contributed by atoms with E-state index in [0.717, 1.165) is 5.92 Å². The Hall–Kier alpha value is -0.433. The first-order chi connectivity index (χ1) is 3.06. The lowest BCUT2D eigenvalue weighted by molar-refractivity contribution is -0.0696. The van der Waals surface area contributed by atoms with E-state index in [1.807, 2.05) is 5.54 Å². The Labute approximate surface area is 42.1 Å². The standard InChI is InChI=1S/C3H3F3Si/c4-3(5,6)1-2-7/h7H3. The van der Waals surface area contributed by atoms with E-state index in [2.05, 4.69) is 0 Å². The van der Waals surface area contributed by atoms with Crippen LogP contribution in [0.5, 0.6) is 0 Å². The van der Waals surface area contributed by atoms with Crippen LogP contribution in [0.4, 0.5) is 13.2 Å². The van der Waals surface area contributed by atoms with Crippen LogP contribution in [0.15, 0.2) is 0 Å². The summed E-state index contributed by atoms with van der Waals surface area (Å²) in [4.78, 5) is 0. The largest absolute Gasteiger partial charge is 0.457 e. The Morgan fingerprint density at radius 3 is 1.71 bits per heavy atom. The molecule has 0 atom stereocenters. The average molecular weight is 124 g/mol. The van der Waals surface area contributed by atoms with E-state index < -0.39 is 6.18 Å². The summed E-state index contributed by atoms with van der Waals surface area (Å²) >= 11 is 0. The molecule has 0 aliphatic rings. The van der Waals surface area contributed by atoms with Crippen molar-refractivity contribution in [3.8, 4) is 11.5 Å². The lowest BCUT2D eigenvalue weighted by atomic mass is 10.7. The van der Waals surface area contributed by atoms with Crippen LogP contribution in [0.2, 0.25) is 0 Å². The van der Waals surface area contributed by atoms with Gasteiger partial charge in [-0.1, -0.05) is 0 Å². The highest BCUT2D eigenvalue weighted by Crippen LogP contribution is 2.11. The van der Waals surface area contributed by atoms with E-state index in [1.165, 1.54) is 0 Å². The topological polar surface area (TPSA) is 0 Å². The van der Waals surface area contributed by atoms with Gasteiger partial charge in [0.2, 0.25) is 0 Å². The number of halogens is 3. The summed E-state index contributed by atoms with van der Waals surface area (Å²) in [5.74, 6) is 1.10. The minimum Gasteiger partial charge on any atom is -0.159 e. The van der Waals surface area contributed by atoms with Crippen LogP contribution < -0.4 is 0 Å². The summed E-state index contributed by atoms with van der Waals surface area (Å²) < 4.78 is 32.7. The zero-order valence-electron chi connectivity index (χ0n) is 3.63. The molecule has 0 saturated heterocycles. The molecule has 0 aliphatic carbocycles. The molecular weight excluding hydrogens is 121 g/mol. The Kier molecular flexibility index (Phi) is 1.90. The molecule has 0 radical (unpaired) electrons. The molecule has 0 fully saturated rings. The van der Waals surface area contributed by atoms with Gasteiger partial charge in [-0.2, -0.15) is 13.2 Å². The zero-order chi connectivity index (χ0) is 5.91. The molecule has 7 heavy (non-hydrogen) atoms. The quantitative estimate of drug-likeness (QED) is 0.312. The van der Waals surface area contributed by atoms with Crippen LogP contribution in [-0.2, 0) is 0 Å². The van der Waals surface area contributed by atoms with Gasteiger partial charge in [0.15, 0.2) is 0 Å². The van der Waals surface area contributed by atoms with Crippen molar-refractivity contribution < 1.29 is 13.2 Å². The first-order valence-corrected chi connectivity index (χ1v) is 2.57. The highest BCUT2D eigenvalue weighted by atomic mass is 28.1. The SMILES string of the molecule is FC(F)(F)C#C[SiH3]. The number of rotatable bonds is 0. The molecule has 0 unspecified atom stereocenters. The molecule has 0 aromatic heterocycles. The fourth-order valence-electron chi connectivity index (χ4n) is 0.142. The first-order valence-electron chi connectivity index (χ1n) is 1.57. The van der Waals surface area contributed by atoms with Crippen molar-refractivity contribution in [1.82, 2.24) is 0 Å². The molecule has 0 amide bonds. The van der Waals surface area contributed by atoms with Crippen molar-refractivity contribution in [2.75, 3.05) is 0 Å². The summed E-state index contributed by atoms with van der Waals surface area (Å²) in [6.07, 6.45) is -4.28. The molecule has 0 bridgehead atoms. The van der Waals surface area contributed by atoms with Crippen LogP contribution in [0.25, 0.3) is 0 Å². The average Bonchev–Trinajstić information content (AvgIpc) is 1.30. The summed E-state index contributed by atoms with van der Waals surface area (Å²) in [6, 6.07) is 0. The first kappa shape index (κ1) is 6.57. The molecular formula is C3H3F3Si. The van der Waals surface area contributed by atoms with Crippen LogP contribution >= 0.6 is 0 Å². The van der Waals surface area contributed by atoms with Crippen molar-refractivity contribution in [2.24, 2.45) is 0 Å². The maximum absolute atomic E-state index is 10.9. The van der Waals surface area contributed by atoms with Crippen molar-refractivity contribution in [3.63, 3.8) is 0 Å². The lowest BCUT2D eigenvalue weighted by Gasteiger charge is -1.89. The zero-order valence-corrected chi connectivity index (χ0v) is 5.63. The second kappa shape index (κ2) is 2.03. The minimum atomic E-state index is -4.28. The molecule has 0 N–H and O–H groups in total. The van der Waals surface area contributed by atoms with E-state index in [-0.39, 0.29) is 10.2 Å². The van der Waals surface area contributed by atoms with Gasteiger partial charge < -0.3 is 0 Å². The number of hydrogen-bond acceptors (Lipinski definition) is 0. The monoisotopic (exact) mass is 124 g/mol. The van der Waals surface area contributed by atoms with Gasteiger partial charge in [0.05, 0.1) is 10.2 Å². The van der Waals surface area contributed by atoms with E-state index >= 15 is 0 Å². The molecule has 0 rings (SSSR count). The summed E-state index contributed by atoms with van der Waals surface area (Å²) in [5, 5.41) is 0. The molecule has 0 spiro atoms. The van der Waals surface area contributed by atoms with Crippen molar-refractivity contribution in [1.29, 1.82) is 0 Å². The Balaban J connectivity index is 3.72. The highest BCUT2D eigenvalue weighted by Gasteiger charge is 2.21. The summed E-state index contributed by atoms with van der Waals surface area (Å²) in [7, 11) is 0.289. The molecule has 0 aliphatic heterocycles.